The first-order valence-corrected chi connectivity index (χ1v) is 22.0. The summed E-state index contributed by atoms with van der Waals surface area (Å²) in [5.41, 5.74) is 13.0. The van der Waals surface area contributed by atoms with Crippen molar-refractivity contribution in [1.29, 1.82) is 0 Å². The van der Waals surface area contributed by atoms with Crippen LogP contribution < -0.4 is 9.80 Å². The van der Waals surface area contributed by atoms with Gasteiger partial charge in [0.05, 0.1) is 22.7 Å². The first-order valence-electron chi connectivity index (χ1n) is 22.0. The zero-order valence-electron chi connectivity index (χ0n) is 35.4. The monoisotopic (exact) mass is 802 g/mol. The zero-order valence-corrected chi connectivity index (χ0v) is 35.4. The molecule has 2 heterocycles. The molecule has 0 saturated heterocycles. The van der Waals surface area contributed by atoms with Crippen LogP contribution in [0.5, 0.6) is 0 Å². The first kappa shape index (κ1) is 36.5. The highest BCUT2D eigenvalue weighted by Gasteiger charge is 2.29. The second-order valence-corrected chi connectivity index (χ2v) is 17.5. The van der Waals surface area contributed by atoms with Crippen molar-refractivity contribution >= 4 is 105 Å². The van der Waals surface area contributed by atoms with Gasteiger partial charge in [0, 0.05) is 50.3 Å². The molecular weight excluding hydrogens is 757 g/mol. The van der Waals surface area contributed by atoms with E-state index in [9.17, 15) is 0 Å². The number of hydrogen-bond donors (Lipinski definition) is 0. The second-order valence-electron chi connectivity index (χ2n) is 17.5. The molecule has 0 N–H and O–H groups in total. The van der Waals surface area contributed by atoms with E-state index in [-0.39, 0.29) is 11.8 Å². The summed E-state index contributed by atoms with van der Waals surface area (Å²) in [5, 5.41) is 10.9. The Balaban J connectivity index is 1.20. The van der Waals surface area contributed by atoms with Crippen molar-refractivity contribution in [1.82, 2.24) is 0 Å². The maximum Gasteiger partial charge on any atom is 0.159 e. The summed E-state index contributed by atoms with van der Waals surface area (Å²) >= 11 is 0. The molecule has 0 bridgehead atoms. The molecule has 0 amide bonds. The lowest BCUT2D eigenvalue weighted by molar-refractivity contribution is 0.546. The molecule has 0 aliphatic heterocycles. The Morgan fingerprint density at radius 3 is 1.52 bits per heavy atom. The van der Waals surface area contributed by atoms with Gasteiger partial charge in [-0.25, -0.2) is 0 Å². The van der Waals surface area contributed by atoms with E-state index < -0.39 is 0 Å². The smallest absolute Gasteiger partial charge is 0.159 e. The Kier molecular flexibility index (Phi) is 8.33. The van der Waals surface area contributed by atoms with Crippen molar-refractivity contribution in [2.24, 2.45) is 0 Å². The van der Waals surface area contributed by atoms with E-state index in [1.165, 1.54) is 49.0 Å². The molecule has 300 valence electrons. The molecule has 1 aliphatic rings. The van der Waals surface area contributed by atoms with Crippen molar-refractivity contribution in [3.8, 4) is 0 Å². The summed E-state index contributed by atoms with van der Waals surface area (Å²) in [6.45, 7) is 9.30. The van der Waals surface area contributed by atoms with Crippen molar-refractivity contribution in [2.45, 2.75) is 52.4 Å². The van der Waals surface area contributed by atoms with Gasteiger partial charge >= 0.3 is 0 Å². The molecule has 0 spiro atoms. The third-order valence-electron chi connectivity index (χ3n) is 13.2. The van der Waals surface area contributed by atoms with Gasteiger partial charge in [0.25, 0.3) is 0 Å². The molecular formula is C58H46N2O2. The molecule has 12 rings (SSSR count). The fourth-order valence-electron chi connectivity index (χ4n) is 10.3. The number of aryl methyl sites for hydroxylation is 1. The summed E-state index contributed by atoms with van der Waals surface area (Å²) in [6.07, 6.45) is 6.41. The van der Waals surface area contributed by atoms with Gasteiger partial charge in [0.1, 0.15) is 11.3 Å². The van der Waals surface area contributed by atoms with Crippen LogP contribution in [-0.2, 0) is 6.42 Å². The molecule has 62 heavy (non-hydrogen) atoms. The van der Waals surface area contributed by atoms with Crippen molar-refractivity contribution < 1.29 is 8.83 Å². The van der Waals surface area contributed by atoms with E-state index >= 15 is 0 Å². The van der Waals surface area contributed by atoms with Crippen LogP contribution in [0.1, 0.15) is 68.4 Å². The van der Waals surface area contributed by atoms with Gasteiger partial charge in [0.2, 0.25) is 0 Å². The van der Waals surface area contributed by atoms with E-state index in [4.69, 9.17) is 8.83 Å². The van der Waals surface area contributed by atoms with Crippen LogP contribution >= 0.6 is 0 Å². The SMILES string of the molecule is CC(C)c1cc(N(c2ccccc2)c2cccc3c4c(oc23)CCC=C4)c2ccc3c(C(C)C)cc(N(c4ccccc4)c4cccc5c4oc4ccccc45)c4ccc1c2c34. The quantitative estimate of drug-likeness (QED) is 0.143. The molecule has 2 aromatic heterocycles. The highest BCUT2D eigenvalue weighted by molar-refractivity contribution is 6.30. The molecule has 4 heteroatoms. The van der Waals surface area contributed by atoms with E-state index in [2.05, 4.69) is 201 Å². The van der Waals surface area contributed by atoms with E-state index in [1.54, 1.807) is 0 Å². The van der Waals surface area contributed by atoms with Gasteiger partial charge in [-0.2, -0.15) is 0 Å². The van der Waals surface area contributed by atoms with Crippen LogP contribution in [0.3, 0.4) is 0 Å². The van der Waals surface area contributed by atoms with E-state index in [0.29, 0.717) is 0 Å². The second kappa shape index (κ2) is 14.1. The van der Waals surface area contributed by atoms with Crippen molar-refractivity contribution in [3.63, 3.8) is 0 Å². The topological polar surface area (TPSA) is 32.8 Å². The van der Waals surface area contributed by atoms with E-state index in [1.807, 2.05) is 6.07 Å². The van der Waals surface area contributed by atoms with Gasteiger partial charge in [0.15, 0.2) is 11.2 Å². The maximum atomic E-state index is 6.86. The minimum atomic E-state index is 0.263. The van der Waals surface area contributed by atoms with Crippen LogP contribution in [0.15, 0.2) is 173 Å². The zero-order chi connectivity index (χ0) is 41.6. The number of para-hydroxylation sites is 5. The van der Waals surface area contributed by atoms with Crippen LogP contribution in [0.25, 0.3) is 71.3 Å². The number of hydrogen-bond acceptors (Lipinski definition) is 4. The number of benzene rings is 9. The lowest BCUT2D eigenvalue weighted by Crippen LogP contribution is -2.13. The number of nitrogens with zero attached hydrogens (tertiary/aromatic N) is 2. The lowest BCUT2D eigenvalue weighted by atomic mass is 9.84. The number of anilines is 6. The highest BCUT2D eigenvalue weighted by Crippen LogP contribution is 2.53. The number of rotatable bonds is 8. The molecule has 9 aromatic carbocycles. The van der Waals surface area contributed by atoms with Crippen LogP contribution in [0, 0.1) is 0 Å². The average Bonchev–Trinajstić information content (AvgIpc) is 3.89. The molecule has 11 aromatic rings. The third kappa shape index (κ3) is 5.45. The third-order valence-corrected chi connectivity index (χ3v) is 13.2. The average molecular weight is 803 g/mol. The minimum absolute atomic E-state index is 0.263. The van der Waals surface area contributed by atoms with Gasteiger partial charge < -0.3 is 18.6 Å². The summed E-state index contributed by atoms with van der Waals surface area (Å²) in [5.74, 6) is 1.60. The normalized spacial score (nSPS) is 12.9. The summed E-state index contributed by atoms with van der Waals surface area (Å²) in [4.78, 5) is 4.87. The molecule has 0 atom stereocenters. The maximum absolute atomic E-state index is 6.86. The van der Waals surface area contributed by atoms with Gasteiger partial charge in [-0.3, -0.25) is 0 Å². The fourth-order valence-corrected chi connectivity index (χ4v) is 10.3. The summed E-state index contributed by atoms with van der Waals surface area (Å²) in [7, 11) is 0. The molecule has 0 saturated carbocycles. The first-order chi connectivity index (χ1) is 30.4. The standard InChI is InChI=1S/C58H46N2O2/c1-35(2)47-33-51(59(37-17-7-5-8-18-37)49-25-15-23-43-39-21-11-13-27-53(39)61-57(43)49)45-32-30-42-48(36(3)4)34-52(46-31-29-41(47)55(45)56(42)46)60(38-19-9-6-10-20-38)50-26-16-24-44-40-22-12-14-28-54(40)62-58(44)50/h5-13,15-27,29-36H,14,28H2,1-4H3. The van der Waals surface area contributed by atoms with Crippen LogP contribution in [0.4, 0.5) is 34.1 Å². The predicted molar refractivity (Wildman–Crippen MR) is 262 cm³/mol. The lowest BCUT2D eigenvalue weighted by Gasteiger charge is -2.31. The van der Waals surface area contributed by atoms with Gasteiger partial charge in [-0.15, -0.1) is 0 Å². The summed E-state index contributed by atoms with van der Waals surface area (Å²) < 4.78 is 13.6. The minimum Gasteiger partial charge on any atom is -0.458 e. The largest absolute Gasteiger partial charge is 0.458 e. The summed E-state index contributed by atoms with van der Waals surface area (Å²) in [6, 6.07) is 57.6. The fraction of sp³-hybridized carbons (Fsp3) is 0.138. The molecule has 4 nitrogen and oxygen atoms in total. The number of fused-ring (bicyclic) bond motifs is 6. The number of furan rings is 2. The Morgan fingerprint density at radius 2 is 0.935 bits per heavy atom. The van der Waals surface area contributed by atoms with Crippen LogP contribution in [0.2, 0.25) is 0 Å². The van der Waals surface area contributed by atoms with Crippen molar-refractivity contribution in [2.75, 3.05) is 9.80 Å². The Hall–Kier alpha value is -7.30. The number of allylic oxidation sites excluding steroid dienone is 1. The Bertz CT molecular complexity index is 3540. The molecule has 0 radical (unpaired) electrons. The van der Waals surface area contributed by atoms with Gasteiger partial charge in [-0.05, 0) is 106 Å². The molecule has 0 unspecified atom stereocenters. The molecule has 0 fully saturated rings. The van der Waals surface area contributed by atoms with Crippen molar-refractivity contribution in [3.05, 3.63) is 186 Å². The Labute approximate surface area is 361 Å². The van der Waals surface area contributed by atoms with Crippen LogP contribution in [-0.4, -0.2) is 0 Å². The van der Waals surface area contributed by atoms with E-state index in [0.717, 1.165) is 85.6 Å². The predicted octanol–water partition coefficient (Wildman–Crippen LogP) is 17.4. The van der Waals surface area contributed by atoms with Gasteiger partial charge in [-0.1, -0.05) is 143 Å². The molecule has 1 aliphatic carbocycles. The Morgan fingerprint density at radius 1 is 0.435 bits per heavy atom. The highest BCUT2D eigenvalue weighted by atomic mass is 16.3.